The average Bonchev–Trinajstić information content (AvgIpc) is 3.18. The van der Waals surface area contributed by atoms with Gasteiger partial charge in [0.1, 0.15) is 5.82 Å². The molecule has 2 fully saturated rings. The molecule has 0 bridgehead atoms. The van der Waals surface area contributed by atoms with Gasteiger partial charge in [-0.1, -0.05) is 35.3 Å². The fourth-order valence-electron chi connectivity index (χ4n) is 4.03. The minimum Gasteiger partial charge on any atom is -0.350 e. The summed E-state index contributed by atoms with van der Waals surface area (Å²) in [5.41, 5.74) is 1.55. The molecule has 28 heavy (non-hydrogen) atoms. The van der Waals surface area contributed by atoms with E-state index in [1.807, 2.05) is 43.3 Å². The minimum atomic E-state index is -0.359. The molecule has 0 spiro atoms. The van der Waals surface area contributed by atoms with Crippen LogP contribution >= 0.6 is 23.2 Å². The number of carbonyl (C=O) groups is 1. The maximum Gasteiger partial charge on any atom is 0.228 e. The molecule has 148 valence electrons. The first kappa shape index (κ1) is 19.6. The minimum absolute atomic E-state index is 0.0713. The molecule has 1 aromatic heterocycles. The first-order valence-electron chi connectivity index (χ1n) is 9.40. The van der Waals surface area contributed by atoms with E-state index in [4.69, 9.17) is 32.7 Å². The van der Waals surface area contributed by atoms with E-state index < -0.39 is 0 Å². The van der Waals surface area contributed by atoms with Gasteiger partial charge in [0.15, 0.2) is 6.29 Å². The maximum atomic E-state index is 12.8. The summed E-state index contributed by atoms with van der Waals surface area (Å²) in [5.74, 6) is 0.740. The Labute approximate surface area is 174 Å². The topological polar surface area (TPSA) is 51.7 Å². The molecule has 7 heteroatoms. The third kappa shape index (κ3) is 3.90. The van der Waals surface area contributed by atoms with Gasteiger partial charge in [-0.3, -0.25) is 9.69 Å². The second kappa shape index (κ2) is 7.99. The fourth-order valence-corrected chi connectivity index (χ4v) is 4.33. The van der Waals surface area contributed by atoms with E-state index in [0.717, 1.165) is 11.3 Å². The number of piperidine rings is 1. The second-order valence-corrected chi connectivity index (χ2v) is 8.22. The van der Waals surface area contributed by atoms with Crippen molar-refractivity contribution in [1.29, 1.82) is 0 Å². The number of halogens is 2. The lowest BCUT2D eigenvalue weighted by Crippen LogP contribution is -2.51. The number of hydrogen-bond acceptors (Lipinski definition) is 4. The highest BCUT2D eigenvalue weighted by Gasteiger charge is 2.44. The van der Waals surface area contributed by atoms with Crippen molar-refractivity contribution < 1.29 is 14.3 Å². The lowest BCUT2D eigenvalue weighted by molar-refractivity contribution is -0.121. The van der Waals surface area contributed by atoms with Gasteiger partial charge in [-0.2, -0.15) is 0 Å². The summed E-state index contributed by atoms with van der Waals surface area (Å²) in [6.45, 7) is 3.59. The largest absolute Gasteiger partial charge is 0.350 e. The molecule has 1 unspecified atom stereocenters. The van der Waals surface area contributed by atoms with Crippen molar-refractivity contribution in [3.05, 3.63) is 57.7 Å². The molecule has 0 radical (unpaired) electrons. The summed E-state index contributed by atoms with van der Waals surface area (Å²) < 4.78 is 11.5. The van der Waals surface area contributed by atoms with Crippen LogP contribution in [0.4, 0.5) is 5.82 Å². The van der Waals surface area contributed by atoms with Gasteiger partial charge in [0, 0.05) is 30.5 Å². The summed E-state index contributed by atoms with van der Waals surface area (Å²) in [4.78, 5) is 19.1. The number of ether oxygens (including phenoxy) is 2. The molecule has 5 nitrogen and oxygen atoms in total. The predicted molar refractivity (Wildman–Crippen MR) is 109 cm³/mol. The number of hydrogen-bond donors (Lipinski definition) is 0. The maximum absolute atomic E-state index is 12.8. The van der Waals surface area contributed by atoms with E-state index in [1.54, 1.807) is 4.90 Å². The van der Waals surface area contributed by atoms with Crippen LogP contribution in [0.1, 0.15) is 30.5 Å². The van der Waals surface area contributed by atoms with Crippen LogP contribution < -0.4 is 4.90 Å². The summed E-state index contributed by atoms with van der Waals surface area (Å²) in [5, 5.41) is 1.02. The first-order chi connectivity index (χ1) is 13.5. The zero-order valence-electron chi connectivity index (χ0n) is 15.7. The molecular weight excluding hydrogens is 399 g/mol. The van der Waals surface area contributed by atoms with Gasteiger partial charge in [-0.25, -0.2) is 4.98 Å². The molecule has 1 atom stereocenters. The first-order valence-corrected chi connectivity index (χ1v) is 10.2. The highest BCUT2D eigenvalue weighted by molar-refractivity contribution is 6.42. The number of aryl methyl sites for hydroxylation is 1. The molecule has 4 rings (SSSR count). The quantitative estimate of drug-likeness (QED) is 0.728. The van der Waals surface area contributed by atoms with Gasteiger partial charge in [-0.05, 0) is 43.2 Å². The van der Waals surface area contributed by atoms with Crippen LogP contribution in [0.5, 0.6) is 0 Å². The molecule has 0 saturated carbocycles. The molecule has 3 heterocycles. The number of pyridine rings is 1. The average molecular weight is 421 g/mol. The fraction of sp³-hybridized carbons (Fsp3) is 0.429. The summed E-state index contributed by atoms with van der Waals surface area (Å²) in [6, 6.07) is 11.4. The van der Waals surface area contributed by atoms with Gasteiger partial charge in [0.25, 0.3) is 0 Å². The highest BCUT2D eigenvalue weighted by atomic mass is 35.5. The monoisotopic (exact) mass is 420 g/mol. The number of rotatable bonds is 4. The van der Waals surface area contributed by atoms with Crippen LogP contribution in [0.2, 0.25) is 10.0 Å². The van der Waals surface area contributed by atoms with Gasteiger partial charge in [0.2, 0.25) is 5.91 Å². The number of amides is 1. The Morgan fingerprint density at radius 1 is 1.18 bits per heavy atom. The van der Waals surface area contributed by atoms with Crippen LogP contribution in [0.3, 0.4) is 0 Å². The van der Waals surface area contributed by atoms with Crippen LogP contribution in [-0.2, 0) is 19.7 Å². The molecule has 2 aromatic rings. The lowest BCUT2D eigenvalue weighted by atomic mass is 9.71. The zero-order valence-corrected chi connectivity index (χ0v) is 17.2. The van der Waals surface area contributed by atoms with E-state index >= 15 is 0 Å². The SMILES string of the molecule is Cc1cccc(N2CC(CC3OCCO3)(c3ccc(Cl)c(Cl)c3)CCC2=O)n1. The van der Waals surface area contributed by atoms with E-state index in [1.165, 1.54) is 0 Å². The van der Waals surface area contributed by atoms with Crippen molar-refractivity contribution in [1.82, 2.24) is 4.98 Å². The van der Waals surface area contributed by atoms with Crippen molar-refractivity contribution in [3.8, 4) is 0 Å². The number of nitrogens with zero attached hydrogens (tertiary/aromatic N) is 2. The smallest absolute Gasteiger partial charge is 0.228 e. The van der Waals surface area contributed by atoms with Gasteiger partial charge < -0.3 is 9.47 Å². The van der Waals surface area contributed by atoms with Crippen molar-refractivity contribution in [2.24, 2.45) is 0 Å². The number of carbonyl (C=O) groups excluding carboxylic acids is 1. The molecule has 2 aliphatic heterocycles. The lowest BCUT2D eigenvalue weighted by Gasteiger charge is -2.43. The van der Waals surface area contributed by atoms with Crippen LogP contribution in [0, 0.1) is 6.92 Å². The molecule has 0 aliphatic carbocycles. The molecular formula is C21H22Cl2N2O3. The Kier molecular flexibility index (Phi) is 5.61. The molecule has 1 aromatic carbocycles. The van der Waals surface area contributed by atoms with E-state index in [0.29, 0.717) is 54.9 Å². The molecule has 1 amide bonds. The Morgan fingerprint density at radius 3 is 2.68 bits per heavy atom. The Balaban J connectivity index is 1.73. The molecule has 0 N–H and O–H groups in total. The van der Waals surface area contributed by atoms with Crippen LogP contribution in [0.15, 0.2) is 36.4 Å². The van der Waals surface area contributed by atoms with Gasteiger partial charge >= 0.3 is 0 Å². The summed E-state index contributed by atoms with van der Waals surface area (Å²) >= 11 is 12.5. The number of anilines is 1. The number of aromatic nitrogens is 1. The van der Waals surface area contributed by atoms with Crippen LogP contribution in [0.25, 0.3) is 0 Å². The normalized spacial score (nSPS) is 23.4. The zero-order chi connectivity index (χ0) is 19.7. The summed E-state index contributed by atoms with van der Waals surface area (Å²) in [6.07, 6.45) is 1.45. The molecule has 2 saturated heterocycles. The van der Waals surface area contributed by atoms with Gasteiger partial charge in [-0.15, -0.1) is 0 Å². The highest BCUT2D eigenvalue weighted by Crippen LogP contribution is 2.42. The standard InChI is InChI=1S/C21H22Cl2N2O3/c1-14-3-2-4-18(24-14)25-13-21(8-7-19(25)26,12-20-27-9-10-28-20)15-5-6-16(22)17(23)11-15/h2-6,11,20H,7-10,12-13H2,1H3. The predicted octanol–water partition coefficient (Wildman–Crippen LogP) is 4.52. The van der Waals surface area contributed by atoms with Crippen LogP contribution in [-0.4, -0.2) is 36.9 Å². The van der Waals surface area contributed by atoms with Crippen molar-refractivity contribution >= 4 is 34.9 Å². The van der Waals surface area contributed by atoms with Crippen molar-refractivity contribution in [3.63, 3.8) is 0 Å². The Morgan fingerprint density at radius 2 is 1.96 bits per heavy atom. The summed E-state index contributed by atoms with van der Waals surface area (Å²) in [7, 11) is 0. The van der Waals surface area contributed by atoms with Crippen molar-refractivity contribution in [2.45, 2.75) is 37.9 Å². The van der Waals surface area contributed by atoms with E-state index in [2.05, 4.69) is 4.98 Å². The Bertz CT molecular complexity index is 886. The molecule has 2 aliphatic rings. The number of benzene rings is 1. The van der Waals surface area contributed by atoms with Crippen molar-refractivity contribution in [2.75, 3.05) is 24.7 Å². The third-order valence-corrected chi connectivity index (χ3v) is 6.25. The van der Waals surface area contributed by atoms with E-state index in [9.17, 15) is 4.79 Å². The van der Waals surface area contributed by atoms with Gasteiger partial charge in [0.05, 0.1) is 23.3 Å². The van der Waals surface area contributed by atoms with E-state index in [-0.39, 0.29) is 17.6 Å². The second-order valence-electron chi connectivity index (χ2n) is 7.40. The third-order valence-electron chi connectivity index (χ3n) is 5.51. The Hall–Kier alpha value is -1.66.